The third kappa shape index (κ3) is 4.79. The Bertz CT molecular complexity index is 940. The Hall–Kier alpha value is -3.35. The molecule has 2 aromatic rings. The van der Waals surface area contributed by atoms with Crippen LogP contribution in [-0.2, 0) is 9.59 Å². The maximum absolute atomic E-state index is 13.1. The summed E-state index contributed by atoms with van der Waals surface area (Å²) in [6, 6.07) is 13.7. The molecule has 1 aliphatic rings. The maximum Gasteiger partial charge on any atom is 0.254 e. The van der Waals surface area contributed by atoms with E-state index < -0.39 is 0 Å². The fraction of sp³-hybridized carbons (Fsp3) is 0.348. The molecule has 1 N–H and O–H groups in total. The predicted molar refractivity (Wildman–Crippen MR) is 116 cm³/mol. The summed E-state index contributed by atoms with van der Waals surface area (Å²) in [4.78, 5) is 41.0. The van der Waals surface area contributed by atoms with Crippen LogP contribution in [0.4, 0.5) is 11.4 Å². The van der Waals surface area contributed by atoms with Gasteiger partial charge < -0.3 is 19.9 Å². The van der Waals surface area contributed by atoms with Gasteiger partial charge in [-0.2, -0.15) is 0 Å². The van der Waals surface area contributed by atoms with Crippen LogP contribution in [0.25, 0.3) is 0 Å². The predicted octanol–water partition coefficient (Wildman–Crippen LogP) is 3.31. The van der Waals surface area contributed by atoms with Crippen LogP contribution < -0.4 is 15.0 Å². The number of ether oxygens (including phenoxy) is 1. The van der Waals surface area contributed by atoms with E-state index in [-0.39, 0.29) is 42.8 Å². The van der Waals surface area contributed by atoms with Gasteiger partial charge in [-0.1, -0.05) is 12.1 Å². The van der Waals surface area contributed by atoms with Gasteiger partial charge in [0.1, 0.15) is 12.3 Å². The summed E-state index contributed by atoms with van der Waals surface area (Å²) in [5, 5.41) is 2.83. The van der Waals surface area contributed by atoms with E-state index in [2.05, 4.69) is 5.32 Å². The van der Waals surface area contributed by atoms with Crippen LogP contribution in [0.5, 0.6) is 5.75 Å². The zero-order chi connectivity index (χ0) is 21.8. The minimum absolute atomic E-state index is 0.0479. The molecule has 158 valence electrons. The third-order valence-corrected chi connectivity index (χ3v) is 4.82. The Morgan fingerprint density at radius 1 is 1.17 bits per heavy atom. The van der Waals surface area contributed by atoms with Crippen molar-refractivity contribution in [2.45, 2.75) is 39.3 Å². The van der Waals surface area contributed by atoms with E-state index in [9.17, 15) is 14.4 Å². The van der Waals surface area contributed by atoms with Gasteiger partial charge in [-0.3, -0.25) is 14.4 Å². The molecule has 30 heavy (non-hydrogen) atoms. The second-order valence-corrected chi connectivity index (χ2v) is 7.73. The van der Waals surface area contributed by atoms with E-state index in [0.29, 0.717) is 22.7 Å². The van der Waals surface area contributed by atoms with Crippen LogP contribution in [0.2, 0.25) is 0 Å². The molecule has 1 atom stereocenters. The summed E-state index contributed by atoms with van der Waals surface area (Å²) in [6.45, 7) is 5.60. The largest absolute Gasteiger partial charge is 0.491 e. The first-order valence-electron chi connectivity index (χ1n) is 9.99. The lowest BCUT2D eigenvalue weighted by molar-refractivity contribution is -0.119. The van der Waals surface area contributed by atoms with E-state index in [1.807, 2.05) is 26.8 Å². The summed E-state index contributed by atoms with van der Waals surface area (Å²) in [5.74, 6) is 0.0392. The summed E-state index contributed by atoms with van der Waals surface area (Å²) >= 11 is 0. The van der Waals surface area contributed by atoms with Crippen LogP contribution in [0.15, 0.2) is 48.5 Å². The van der Waals surface area contributed by atoms with E-state index in [4.69, 9.17) is 4.74 Å². The molecule has 0 radical (unpaired) electrons. The summed E-state index contributed by atoms with van der Waals surface area (Å²) in [6.07, 6.45) is 0.238. The molecule has 0 aliphatic carbocycles. The molecule has 0 fully saturated rings. The van der Waals surface area contributed by atoms with Gasteiger partial charge in [0.25, 0.3) is 5.91 Å². The number of hydrogen-bond donors (Lipinski definition) is 1. The van der Waals surface area contributed by atoms with Gasteiger partial charge in [-0.15, -0.1) is 0 Å². The first kappa shape index (κ1) is 21.4. The number of likely N-dealkylation sites (N-methyl/N-ethyl adjacent to an activating group) is 1. The number of nitrogens with one attached hydrogen (secondary N) is 1. The minimum atomic E-state index is -0.322. The molecule has 7 nitrogen and oxygen atoms in total. The Labute approximate surface area is 176 Å². The van der Waals surface area contributed by atoms with Gasteiger partial charge in [0.05, 0.1) is 17.5 Å². The van der Waals surface area contributed by atoms with Crippen molar-refractivity contribution in [1.29, 1.82) is 0 Å². The summed E-state index contributed by atoms with van der Waals surface area (Å²) < 4.78 is 5.60. The first-order valence-corrected chi connectivity index (χ1v) is 9.99. The molecular formula is C23H27N3O4. The van der Waals surface area contributed by atoms with Crippen LogP contribution in [0.3, 0.4) is 0 Å². The van der Waals surface area contributed by atoms with E-state index in [1.54, 1.807) is 54.4 Å². The topological polar surface area (TPSA) is 79.0 Å². The lowest BCUT2D eigenvalue weighted by atomic mass is 10.1. The van der Waals surface area contributed by atoms with Crippen molar-refractivity contribution in [2.75, 3.05) is 23.8 Å². The Balaban J connectivity index is 1.74. The number of carbonyl (C=O) groups is 3. The number of benzene rings is 2. The third-order valence-electron chi connectivity index (χ3n) is 4.82. The van der Waals surface area contributed by atoms with Gasteiger partial charge in [-0.05, 0) is 57.2 Å². The highest BCUT2D eigenvalue weighted by molar-refractivity contribution is 6.06. The molecule has 3 amide bonds. The zero-order valence-corrected chi connectivity index (χ0v) is 17.7. The number of para-hydroxylation sites is 2. The SMILES string of the molecule is CC(C)Oc1ccc(C(=O)N(C)CC(=O)N2c3ccccc3NC(=O)C[C@H]2C)cc1. The van der Waals surface area contributed by atoms with Gasteiger partial charge in [0, 0.05) is 25.1 Å². The molecule has 0 unspecified atom stereocenters. The van der Waals surface area contributed by atoms with E-state index in [0.717, 1.165) is 0 Å². The second kappa shape index (κ2) is 8.98. The lowest BCUT2D eigenvalue weighted by Gasteiger charge is -2.29. The summed E-state index contributed by atoms with van der Waals surface area (Å²) in [7, 11) is 1.59. The number of carbonyl (C=O) groups excluding carboxylic acids is 3. The van der Waals surface area contributed by atoms with Gasteiger partial charge in [-0.25, -0.2) is 0 Å². The maximum atomic E-state index is 13.1. The van der Waals surface area contributed by atoms with Crippen molar-refractivity contribution < 1.29 is 19.1 Å². The minimum Gasteiger partial charge on any atom is -0.491 e. The van der Waals surface area contributed by atoms with Gasteiger partial charge in [0.2, 0.25) is 11.8 Å². The molecule has 1 aliphatic heterocycles. The molecule has 7 heteroatoms. The first-order chi connectivity index (χ1) is 14.3. The Morgan fingerprint density at radius 3 is 2.50 bits per heavy atom. The average Bonchev–Trinajstić information content (AvgIpc) is 2.81. The van der Waals surface area contributed by atoms with Crippen molar-refractivity contribution in [3.05, 3.63) is 54.1 Å². The molecule has 1 heterocycles. The summed E-state index contributed by atoms with van der Waals surface area (Å²) in [5.41, 5.74) is 1.70. The smallest absolute Gasteiger partial charge is 0.254 e. The average molecular weight is 409 g/mol. The molecule has 0 spiro atoms. The van der Waals surface area contributed by atoms with Crippen LogP contribution >= 0.6 is 0 Å². The molecule has 0 aromatic heterocycles. The van der Waals surface area contributed by atoms with Crippen molar-refractivity contribution in [3.63, 3.8) is 0 Å². The number of nitrogens with zero attached hydrogens (tertiary/aromatic N) is 2. The number of rotatable bonds is 5. The second-order valence-electron chi connectivity index (χ2n) is 7.73. The van der Waals surface area contributed by atoms with Crippen LogP contribution in [-0.4, -0.2) is 48.4 Å². The molecule has 0 saturated heterocycles. The number of fused-ring (bicyclic) bond motifs is 1. The van der Waals surface area contributed by atoms with Gasteiger partial charge in [0.15, 0.2) is 0 Å². The lowest BCUT2D eigenvalue weighted by Crippen LogP contribution is -2.45. The quantitative estimate of drug-likeness (QED) is 0.822. The highest BCUT2D eigenvalue weighted by Gasteiger charge is 2.30. The standard InChI is InChI=1S/C23H27N3O4/c1-15(2)30-18-11-9-17(10-12-18)23(29)25(4)14-22(28)26-16(3)13-21(27)24-19-7-5-6-8-20(19)26/h5-12,15-16H,13-14H2,1-4H3,(H,24,27)/t16-/m1/s1. The van der Waals surface area contributed by atoms with Crippen molar-refractivity contribution in [2.24, 2.45) is 0 Å². The van der Waals surface area contributed by atoms with Crippen molar-refractivity contribution >= 4 is 29.1 Å². The molecular weight excluding hydrogens is 382 g/mol. The highest BCUT2D eigenvalue weighted by atomic mass is 16.5. The Kier molecular flexibility index (Phi) is 6.40. The molecule has 0 saturated carbocycles. The van der Waals surface area contributed by atoms with E-state index >= 15 is 0 Å². The monoisotopic (exact) mass is 409 g/mol. The van der Waals surface area contributed by atoms with Crippen molar-refractivity contribution in [3.8, 4) is 5.75 Å². The Morgan fingerprint density at radius 2 is 1.83 bits per heavy atom. The van der Waals surface area contributed by atoms with Crippen LogP contribution in [0, 0.1) is 0 Å². The van der Waals surface area contributed by atoms with Crippen LogP contribution in [0.1, 0.15) is 37.6 Å². The molecule has 0 bridgehead atoms. The highest BCUT2D eigenvalue weighted by Crippen LogP contribution is 2.31. The molecule has 3 rings (SSSR count). The van der Waals surface area contributed by atoms with Crippen molar-refractivity contribution in [1.82, 2.24) is 4.90 Å². The zero-order valence-electron chi connectivity index (χ0n) is 17.7. The van der Waals surface area contributed by atoms with E-state index in [1.165, 1.54) is 4.90 Å². The number of amides is 3. The molecule has 2 aromatic carbocycles. The normalized spacial score (nSPS) is 15.8. The fourth-order valence-electron chi connectivity index (χ4n) is 3.49. The number of anilines is 2. The number of hydrogen-bond acceptors (Lipinski definition) is 4. The fourth-order valence-corrected chi connectivity index (χ4v) is 3.49. The van der Waals surface area contributed by atoms with Gasteiger partial charge >= 0.3 is 0 Å².